The highest BCUT2D eigenvalue weighted by molar-refractivity contribution is 5.90. The van der Waals surface area contributed by atoms with Gasteiger partial charge in [0.05, 0.1) is 33.2 Å². The number of anilines is 1. The molecule has 142 valence electrons. The van der Waals surface area contributed by atoms with E-state index in [1.807, 2.05) is 0 Å². The lowest BCUT2D eigenvalue weighted by molar-refractivity contribution is -0.141. The van der Waals surface area contributed by atoms with Crippen molar-refractivity contribution >= 4 is 29.8 Å². The summed E-state index contributed by atoms with van der Waals surface area (Å²) in [7, 11) is 1.31. The molecule has 1 aromatic rings. The van der Waals surface area contributed by atoms with Crippen LogP contribution in [0.1, 0.15) is 31.2 Å². The first kappa shape index (κ1) is 21.3. The molecule has 0 unspecified atom stereocenters. The fourth-order valence-electron chi connectivity index (χ4n) is 1.93. The van der Waals surface area contributed by atoms with Crippen LogP contribution in [0.5, 0.6) is 0 Å². The van der Waals surface area contributed by atoms with Gasteiger partial charge in [-0.1, -0.05) is 12.1 Å². The van der Waals surface area contributed by atoms with Crippen molar-refractivity contribution in [3.63, 3.8) is 0 Å². The molecule has 2 N–H and O–H groups in total. The molecule has 0 saturated carbocycles. The highest BCUT2D eigenvalue weighted by Crippen LogP contribution is 2.10. The van der Waals surface area contributed by atoms with Crippen molar-refractivity contribution in [2.24, 2.45) is 0 Å². The number of carbonyl (C=O) groups is 4. The van der Waals surface area contributed by atoms with E-state index in [4.69, 9.17) is 4.74 Å². The minimum atomic E-state index is -0.352. The molecule has 0 spiro atoms. The van der Waals surface area contributed by atoms with Gasteiger partial charge in [0.2, 0.25) is 11.8 Å². The van der Waals surface area contributed by atoms with E-state index in [1.165, 1.54) is 7.11 Å². The highest BCUT2D eigenvalue weighted by Gasteiger charge is 2.05. The predicted molar refractivity (Wildman–Crippen MR) is 94.3 cm³/mol. The summed E-state index contributed by atoms with van der Waals surface area (Å²) >= 11 is 0. The van der Waals surface area contributed by atoms with Gasteiger partial charge in [-0.15, -0.1) is 0 Å². The molecule has 1 rings (SSSR count). The number of benzene rings is 1. The number of rotatable bonds is 12. The molecular weight excluding hydrogens is 340 g/mol. The Hall–Kier alpha value is -2.74. The van der Waals surface area contributed by atoms with Crippen LogP contribution in [0, 0.1) is 0 Å². The number of esters is 1. The van der Waals surface area contributed by atoms with E-state index in [2.05, 4.69) is 15.4 Å². The molecule has 0 radical (unpaired) electrons. The summed E-state index contributed by atoms with van der Waals surface area (Å²) in [6.07, 6.45) is 1.44. The lowest BCUT2D eigenvalue weighted by Crippen LogP contribution is -2.22. The van der Waals surface area contributed by atoms with E-state index in [9.17, 15) is 19.2 Å². The first-order valence-electron chi connectivity index (χ1n) is 8.29. The van der Waals surface area contributed by atoms with E-state index in [-0.39, 0.29) is 56.7 Å². The van der Waals surface area contributed by atoms with Crippen LogP contribution >= 0.6 is 0 Å². The molecule has 0 aromatic heterocycles. The summed E-state index contributed by atoms with van der Waals surface area (Å²) in [5, 5.41) is 5.45. The summed E-state index contributed by atoms with van der Waals surface area (Å²) in [5.41, 5.74) is 1.52. The van der Waals surface area contributed by atoms with Gasteiger partial charge in [0.25, 0.3) is 0 Å². The predicted octanol–water partition coefficient (Wildman–Crippen LogP) is 1.19. The summed E-state index contributed by atoms with van der Waals surface area (Å²) in [4.78, 5) is 44.3. The average Bonchev–Trinajstić information content (AvgIpc) is 2.65. The average molecular weight is 364 g/mol. The van der Waals surface area contributed by atoms with Gasteiger partial charge in [0, 0.05) is 25.1 Å². The van der Waals surface area contributed by atoms with Crippen molar-refractivity contribution in [2.75, 3.05) is 25.6 Å². The Balaban J connectivity index is 2.24. The normalized spacial score (nSPS) is 10.0. The standard InChI is InChI=1S/C18H24N2O6/c1-25-18(24)9-12-26-11-8-17(23)20-15-6-4-14(5-7-15)13-19-16(22)3-2-10-21/h4-7,10H,2-3,8-9,11-13H2,1H3,(H,19,22)(H,20,23). The Kier molecular flexibility index (Phi) is 10.3. The first-order valence-corrected chi connectivity index (χ1v) is 8.29. The molecule has 0 aliphatic rings. The first-order chi connectivity index (χ1) is 12.5. The van der Waals surface area contributed by atoms with Gasteiger partial charge >= 0.3 is 5.97 Å². The quantitative estimate of drug-likeness (QED) is 0.327. The Bertz CT molecular complexity index is 600. The third kappa shape index (κ3) is 9.53. The number of ether oxygens (including phenoxy) is 2. The van der Waals surface area contributed by atoms with E-state index in [0.717, 1.165) is 5.56 Å². The zero-order valence-corrected chi connectivity index (χ0v) is 14.8. The second-order valence-electron chi connectivity index (χ2n) is 5.42. The monoisotopic (exact) mass is 364 g/mol. The minimum absolute atomic E-state index is 0.158. The molecule has 0 heterocycles. The molecule has 26 heavy (non-hydrogen) atoms. The molecular formula is C18H24N2O6. The summed E-state index contributed by atoms with van der Waals surface area (Å²) in [6.45, 7) is 0.793. The van der Waals surface area contributed by atoms with Gasteiger partial charge in [-0.05, 0) is 17.7 Å². The zero-order chi connectivity index (χ0) is 19.2. The SMILES string of the molecule is COC(=O)CCOCCC(=O)Nc1ccc(CNC(=O)CCC=O)cc1. The minimum Gasteiger partial charge on any atom is -0.469 e. The number of nitrogens with one attached hydrogen (secondary N) is 2. The van der Waals surface area contributed by atoms with E-state index >= 15 is 0 Å². The van der Waals surface area contributed by atoms with Gasteiger partial charge in [-0.25, -0.2) is 0 Å². The third-order valence-corrected chi connectivity index (χ3v) is 3.37. The van der Waals surface area contributed by atoms with E-state index in [1.54, 1.807) is 24.3 Å². The van der Waals surface area contributed by atoms with Crippen molar-refractivity contribution in [1.82, 2.24) is 5.32 Å². The second kappa shape index (κ2) is 12.6. The van der Waals surface area contributed by atoms with Crippen molar-refractivity contribution in [3.8, 4) is 0 Å². The molecule has 1 aromatic carbocycles. The van der Waals surface area contributed by atoms with E-state index < -0.39 is 0 Å². The molecule has 0 saturated heterocycles. The van der Waals surface area contributed by atoms with Crippen molar-refractivity contribution in [3.05, 3.63) is 29.8 Å². The van der Waals surface area contributed by atoms with E-state index in [0.29, 0.717) is 18.5 Å². The van der Waals surface area contributed by atoms with Crippen LogP contribution in [0.15, 0.2) is 24.3 Å². The van der Waals surface area contributed by atoms with Crippen LogP contribution in [0.4, 0.5) is 5.69 Å². The molecule has 0 aliphatic heterocycles. The topological polar surface area (TPSA) is 111 Å². The number of amides is 2. The maximum absolute atomic E-state index is 11.8. The molecule has 8 heteroatoms. The maximum atomic E-state index is 11.8. The van der Waals surface area contributed by atoms with Gasteiger partial charge in [-0.3, -0.25) is 14.4 Å². The van der Waals surface area contributed by atoms with Crippen LogP contribution in [0.2, 0.25) is 0 Å². The Morgan fingerprint density at radius 3 is 2.35 bits per heavy atom. The lowest BCUT2D eigenvalue weighted by Gasteiger charge is -2.08. The molecule has 0 fully saturated rings. The summed E-state index contributed by atoms with van der Waals surface area (Å²) in [5.74, 6) is -0.728. The largest absolute Gasteiger partial charge is 0.469 e. The highest BCUT2D eigenvalue weighted by atomic mass is 16.5. The van der Waals surface area contributed by atoms with Gasteiger partial charge < -0.3 is 24.9 Å². The molecule has 0 aliphatic carbocycles. The Labute approximate surface area is 152 Å². The molecule has 0 bridgehead atoms. The number of carbonyl (C=O) groups excluding carboxylic acids is 4. The number of hydrogen-bond donors (Lipinski definition) is 2. The van der Waals surface area contributed by atoms with Crippen molar-refractivity contribution < 1.29 is 28.7 Å². The van der Waals surface area contributed by atoms with Crippen molar-refractivity contribution in [2.45, 2.75) is 32.2 Å². The van der Waals surface area contributed by atoms with Crippen LogP contribution in [0.25, 0.3) is 0 Å². The van der Waals surface area contributed by atoms with Crippen molar-refractivity contribution in [1.29, 1.82) is 0 Å². The number of methoxy groups -OCH3 is 1. The van der Waals surface area contributed by atoms with Crippen LogP contribution in [-0.4, -0.2) is 44.4 Å². The fraction of sp³-hybridized carbons (Fsp3) is 0.444. The maximum Gasteiger partial charge on any atom is 0.307 e. The third-order valence-electron chi connectivity index (χ3n) is 3.37. The molecule has 8 nitrogen and oxygen atoms in total. The smallest absolute Gasteiger partial charge is 0.307 e. The fourth-order valence-corrected chi connectivity index (χ4v) is 1.93. The zero-order valence-electron chi connectivity index (χ0n) is 14.8. The Morgan fingerprint density at radius 2 is 1.69 bits per heavy atom. The molecule has 0 atom stereocenters. The number of aldehydes is 1. The molecule has 2 amide bonds. The van der Waals surface area contributed by atoms with Crippen LogP contribution < -0.4 is 10.6 Å². The van der Waals surface area contributed by atoms with Crippen LogP contribution in [-0.2, 0) is 35.2 Å². The second-order valence-corrected chi connectivity index (χ2v) is 5.42. The number of hydrogen-bond acceptors (Lipinski definition) is 6. The van der Waals surface area contributed by atoms with Gasteiger partial charge in [0.15, 0.2) is 0 Å². The summed E-state index contributed by atoms with van der Waals surface area (Å²) < 4.78 is 9.67. The summed E-state index contributed by atoms with van der Waals surface area (Å²) in [6, 6.07) is 7.07. The Morgan fingerprint density at radius 1 is 1.00 bits per heavy atom. The van der Waals surface area contributed by atoms with Crippen LogP contribution in [0.3, 0.4) is 0 Å². The van der Waals surface area contributed by atoms with Gasteiger partial charge in [-0.2, -0.15) is 0 Å². The van der Waals surface area contributed by atoms with Gasteiger partial charge in [0.1, 0.15) is 6.29 Å². The lowest BCUT2D eigenvalue weighted by atomic mass is 10.2.